The molecule has 0 radical (unpaired) electrons. The molecule has 0 aliphatic heterocycles. The molecule has 3 aromatic rings. The van der Waals surface area contributed by atoms with E-state index in [9.17, 15) is 0 Å². The Hall–Kier alpha value is -2.56. The molecular formula is C16H18N4O. The van der Waals surface area contributed by atoms with Crippen LogP contribution < -0.4 is 10.1 Å². The molecule has 0 bridgehead atoms. The van der Waals surface area contributed by atoms with Crippen LogP contribution in [0.2, 0.25) is 0 Å². The molecule has 0 fully saturated rings. The van der Waals surface area contributed by atoms with E-state index in [0.717, 1.165) is 22.6 Å². The zero-order valence-electron chi connectivity index (χ0n) is 12.4. The first-order valence-electron chi connectivity index (χ1n) is 6.85. The molecule has 5 nitrogen and oxygen atoms in total. The lowest BCUT2D eigenvalue weighted by molar-refractivity contribution is 0.414. The van der Waals surface area contributed by atoms with Gasteiger partial charge in [0.1, 0.15) is 11.3 Å². The normalized spacial score (nSPS) is 12.3. The maximum Gasteiger partial charge on any atom is 0.154 e. The molecule has 0 saturated heterocycles. The predicted molar refractivity (Wildman–Crippen MR) is 83.5 cm³/mol. The number of fused-ring (bicyclic) bond motifs is 1. The Labute approximate surface area is 123 Å². The maximum atomic E-state index is 5.18. The molecule has 1 atom stereocenters. The lowest BCUT2D eigenvalue weighted by Gasteiger charge is -2.15. The summed E-state index contributed by atoms with van der Waals surface area (Å²) in [6.45, 7) is 2.10. The number of rotatable bonds is 4. The highest BCUT2D eigenvalue weighted by molar-refractivity contribution is 5.85. The van der Waals surface area contributed by atoms with E-state index in [1.807, 2.05) is 29.8 Å². The molecule has 2 aromatic heterocycles. The van der Waals surface area contributed by atoms with Crippen LogP contribution in [0.15, 0.2) is 42.9 Å². The number of hydrogen-bond donors (Lipinski definition) is 1. The highest BCUT2D eigenvalue weighted by Crippen LogP contribution is 2.24. The fraction of sp³-hybridized carbons (Fsp3) is 0.250. The number of nitrogens with one attached hydrogen (secondary N) is 1. The van der Waals surface area contributed by atoms with Crippen LogP contribution in [0.1, 0.15) is 18.5 Å². The third kappa shape index (κ3) is 2.54. The second-order valence-corrected chi connectivity index (χ2v) is 5.02. The number of pyridine rings is 1. The van der Waals surface area contributed by atoms with Gasteiger partial charge in [-0.2, -0.15) is 0 Å². The molecular weight excluding hydrogens is 264 g/mol. The van der Waals surface area contributed by atoms with Crippen molar-refractivity contribution in [3.63, 3.8) is 0 Å². The number of aromatic nitrogens is 3. The molecule has 1 N–H and O–H groups in total. The summed E-state index contributed by atoms with van der Waals surface area (Å²) in [6.07, 6.45) is 3.60. The molecule has 1 unspecified atom stereocenters. The first kappa shape index (κ1) is 13.4. The van der Waals surface area contributed by atoms with Gasteiger partial charge in [-0.1, -0.05) is 12.1 Å². The van der Waals surface area contributed by atoms with Gasteiger partial charge in [0.15, 0.2) is 5.82 Å². The fourth-order valence-corrected chi connectivity index (χ4v) is 2.35. The molecule has 0 saturated carbocycles. The minimum Gasteiger partial charge on any atom is -0.497 e. The van der Waals surface area contributed by atoms with Crippen molar-refractivity contribution in [1.82, 2.24) is 14.5 Å². The summed E-state index contributed by atoms with van der Waals surface area (Å²) in [5.41, 5.74) is 3.13. The number of methoxy groups -OCH3 is 1. The van der Waals surface area contributed by atoms with E-state index in [1.54, 1.807) is 19.6 Å². The summed E-state index contributed by atoms with van der Waals surface area (Å²) < 4.78 is 7.17. The summed E-state index contributed by atoms with van der Waals surface area (Å²) in [5.74, 6) is 1.66. The molecule has 0 aliphatic rings. The summed E-state index contributed by atoms with van der Waals surface area (Å²) in [5, 5.41) is 3.42. The zero-order valence-corrected chi connectivity index (χ0v) is 12.4. The Balaban J connectivity index is 1.87. The molecule has 5 heteroatoms. The third-order valence-electron chi connectivity index (χ3n) is 3.61. The van der Waals surface area contributed by atoms with Crippen molar-refractivity contribution >= 4 is 16.9 Å². The van der Waals surface area contributed by atoms with Crippen molar-refractivity contribution < 1.29 is 4.74 Å². The van der Waals surface area contributed by atoms with Gasteiger partial charge in [0.25, 0.3) is 0 Å². The Morgan fingerprint density at radius 3 is 2.62 bits per heavy atom. The van der Waals surface area contributed by atoms with Gasteiger partial charge in [-0.15, -0.1) is 0 Å². The molecule has 1 aromatic carbocycles. The van der Waals surface area contributed by atoms with E-state index >= 15 is 0 Å². The van der Waals surface area contributed by atoms with Crippen LogP contribution in [0.25, 0.3) is 11.0 Å². The number of imidazole rings is 1. The summed E-state index contributed by atoms with van der Waals surface area (Å²) in [4.78, 5) is 8.82. The van der Waals surface area contributed by atoms with Crippen molar-refractivity contribution in [2.24, 2.45) is 7.05 Å². The number of aryl methyl sites for hydroxylation is 1. The van der Waals surface area contributed by atoms with Gasteiger partial charge in [0.2, 0.25) is 0 Å². The lowest BCUT2D eigenvalue weighted by atomic mass is 10.1. The number of nitrogens with zero attached hydrogens (tertiary/aromatic N) is 3. The van der Waals surface area contributed by atoms with E-state index in [1.165, 1.54) is 5.56 Å². The average molecular weight is 282 g/mol. The highest BCUT2D eigenvalue weighted by atomic mass is 16.5. The molecule has 3 rings (SSSR count). The van der Waals surface area contributed by atoms with E-state index in [0.29, 0.717) is 0 Å². The van der Waals surface area contributed by atoms with Crippen LogP contribution in [-0.4, -0.2) is 21.6 Å². The van der Waals surface area contributed by atoms with E-state index in [4.69, 9.17) is 4.74 Å². The van der Waals surface area contributed by atoms with Crippen LogP contribution in [0.3, 0.4) is 0 Å². The molecule has 0 aliphatic carbocycles. The maximum absolute atomic E-state index is 5.18. The van der Waals surface area contributed by atoms with Gasteiger partial charge in [0, 0.05) is 13.2 Å². The van der Waals surface area contributed by atoms with Crippen molar-refractivity contribution in [2.75, 3.05) is 12.4 Å². The van der Waals surface area contributed by atoms with Gasteiger partial charge in [-0.3, -0.25) is 0 Å². The van der Waals surface area contributed by atoms with E-state index in [-0.39, 0.29) is 6.04 Å². The molecule has 0 spiro atoms. The zero-order chi connectivity index (χ0) is 14.8. The Morgan fingerprint density at radius 1 is 1.14 bits per heavy atom. The monoisotopic (exact) mass is 282 g/mol. The standard InChI is InChI=1S/C16H18N4O/c1-11(12-4-6-13(21-3)7-5-12)19-16-15-14(8-9-17-16)20(2)10-18-15/h4-11H,1-3H3,(H,17,19). The number of ether oxygens (including phenoxy) is 1. The quantitative estimate of drug-likeness (QED) is 0.798. The first-order chi connectivity index (χ1) is 10.2. The van der Waals surface area contributed by atoms with Crippen LogP contribution in [0.5, 0.6) is 5.75 Å². The summed E-state index contributed by atoms with van der Waals surface area (Å²) in [7, 11) is 3.65. The van der Waals surface area contributed by atoms with Gasteiger partial charge < -0.3 is 14.6 Å². The first-order valence-corrected chi connectivity index (χ1v) is 6.85. The predicted octanol–water partition coefficient (Wildman–Crippen LogP) is 3.15. The molecule has 108 valence electrons. The Morgan fingerprint density at radius 2 is 1.90 bits per heavy atom. The second kappa shape index (κ2) is 5.44. The summed E-state index contributed by atoms with van der Waals surface area (Å²) in [6, 6.07) is 10.1. The van der Waals surface area contributed by atoms with Crippen LogP contribution in [0, 0.1) is 0 Å². The molecule has 0 amide bonds. The summed E-state index contributed by atoms with van der Waals surface area (Å²) >= 11 is 0. The minimum atomic E-state index is 0.135. The molecule has 21 heavy (non-hydrogen) atoms. The number of benzene rings is 1. The van der Waals surface area contributed by atoms with Crippen LogP contribution in [0.4, 0.5) is 5.82 Å². The number of hydrogen-bond acceptors (Lipinski definition) is 4. The van der Waals surface area contributed by atoms with Gasteiger partial charge in [-0.05, 0) is 30.7 Å². The SMILES string of the molecule is COc1ccc(C(C)Nc2nccc3c2ncn3C)cc1. The van der Waals surface area contributed by atoms with Crippen LogP contribution >= 0.6 is 0 Å². The van der Waals surface area contributed by atoms with Gasteiger partial charge >= 0.3 is 0 Å². The Kier molecular flexibility index (Phi) is 3.48. The topological polar surface area (TPSA) is 52.0 Å². The minimum absolute atomic E-state index is 0.135. The molecule has 2 heterocycles. The van der Waals surface area contributed by atoms with Gasteiger partial charge in [-0.25, -0.2) is 9.97 Å². The van der Waals surface area contributed by atoms with Crippen molar-refractivity contribution in [3.8, 4) is 5.75 Å². The second-order valence-electron chi connectivity index (χ2n) is 5.02. The van der Waals surface area contributed by atoms with Gasteiger partial charge in [0.05, 0.1) is 25.0 Å². The van der Waals surface area contributed by atoms with Crippen molar-refractivity contribution in [2.45, 2.75) is 13.0 Å². The fourth-order valence-electron chi connectivity index (χ4n) is 2.35. The van der Waals surface area contributed by atoms with E-state index < -0.39 is 0 Å². The largest absolute Gasteiger partial charge is 0.497 e. The highest BCUT2D eigenvalue weighted by Gasteiger charge is 2.11. The third-order valence-corrected chi connectivity index (χ3v) is 3.61. The van der Waals surface area contributed by atoms with E-state index in [2.05, 4.69) is 34.3 Å². The van der Waals surface area contributed by atoms with Crippen molar-refractivity contribution in [1.29, 1.82) is 0 Å². The lowest BCUT2D eigenvalue weighted by Crippen LogP contribution is -2.08. The van der Waals surface area contributed by atoms with Crippen molar-refractivity contribution in [3.05, 3.63) is 48.4 Å². The average Bonchev–Trinajstić information content (AvgIpc) is 2.90. The smallest absolute Gasteiger partial charge is 0.154 e. The number of anilines is 1. The van der Waals surface area contributed by atoms with Crippen LogP contribution in [-0.2, 0) is 7.05 Å². The Bertz CT molecular complexity index is 749.